The van der Waals surface area contributed by atoms with Crippen molar-refractivity contribution in [3.8, 4) is 28.9 Å². The molecule has 4 heterocycles. The third-order valence-corrected chi connectivity index (χ3v) is 5.00. The highest BCUT2D eigenvalue weighted by Crippen LogP contribution is 2.31. The quantitative estimate of drug-likeness (QED) is 0.578. The van der Waals surface area contributed by atoms with Crippen molar-refractivity contribution >= 4 is 10.9 Å². The van der Waals surface area contributed by atoms with Gasteiger partial charge in [-0.2, -0.15) is 4.98 Å². The standard InChI is InChI=1S/C20H19N5O3/c1-26-17-10-14(13-4-2-3-5-15(13)22-17)18-24-20(28-25-18)16-11-27-19(23-16)12-6-8-21-9-7-12/h2-5,10-12,21H,6-9H2,1H3. The fourth-order valence-corrected chi connectivity index (χ4v) is 3.52. The molecule has 0 saturated carbocycles. The topological polar surface area (TPSA) is 99.1 Å². The maximum absolute atomic E-state index is 5.68. The van der Waals surface area contributed by atoms with Crippen molar-refractivity contribution in [1.82, 2.24) is 25.4 Å². The Morgan fingerprint density at radius 3 is 2.82 bits per heavy atom. The summed E-state index contributed by atoms with van der Waals surface area (Å²) < 4.78 is 16.5. The van der Waals surface area contributed by atoms with E-state index in [9.17, 15) is 0 Å². The zero-order valence-electron chi connectivity index (χ0n) is 15.4. The van der Waals surface area contributed by atoms with Crippen LogP contribution < -0.4 is 10.1 Å². The zero-order chi connectivity index (χ0) is 18.9. The summed E-state index contributed by atoms with van der Waals surface area (Å²) in [6.07, 6.45) is 3.61. The Balaban J connectivity index is 1.50. The summed E-state index contributed by atoms with van der Waals surface area (Å²) in [7, 11) is 1.58. The van der Waals surface area contributed by atoms with Crippen LogP contribution in [0.1, 0.15) is 24.7 Å². The first-order valence-corrected chi connectivity index (χ1v) is 9.26. The van der Waals surface area contributed by atoms with Crippen LogP contribution in [0.4, 0.5) is 0 Å². The summed E-state index contributed by atoms with van der Waals surface area (Å²) in [4.78, 5) is 13.6. The van der Waals surface area contributed by atoms with Crippen LogP contribution in [0.25, 0.3) is 33.9 Å². The molecular weight excluding hydrogens is 358 g/mol. The SMILES string of the molecule is COc1cc(-c2noc(-c3coc(C4CCNCC4)n3)n2)c2ccccc2n1. The summed E-state index contributed by atoms with van der Waals surface area (Å²) in [6, 6.07) is 9.58. The lowest BCUT2D eigenvalue weighted by Gasteiger charge is -2.19. The summed E-state index contributed by atoms with van der Waals surface area (Å²) in [5.41, 5.74) is 2.15. The number of piperidine rings is 1. The Hall–Kier alpha value is -3.26. The van der Waals surface area contributed by atoms with Crippen molar-refractivity contribution in [2.45, 2.75) is 18.8 Å². The second-order valence-electron chi connectivity index (χ2n) is 6.75. The van der Waals surface area contributed by atoms with Gasteiger partial charge in [0.05, 0.1) is 12.6 Å². The van der Waals surface area contributed by atoms with Gasteiger partial charge in [-0.3, -0.25) is 0 Å². The molecule has 1 aliphatic rings. The number of oxazole rings is 1. The van der Waals surface area contributed by atoms with Gasteiger partial charge in [-0.25, -0.2) is 9.97 Å². The minimum Gasteiger partial charge on any atom is -0.481 e. The van der Waals surface area contributed by atoms with Gasteiger partial charge < -0.3 is 19.0 Å². The van der Waals surface area contributed by atoms with Crippen LogP contribution in [0.15, 0.2) is 45.5 Å². The fourth-order valence-electron chi connectivity index (χ4n) is 3.52. The molecule has 0 atom stereocenters. The number of aromatic nitrogens is 4. The van der Waals surface area contributed by atoms with E-state index in [-0.39, 0.29) is 0 Å². The van der Waals surface area contributed by atoms with Crippen molar-refractivity contribution < 1.29 is 13.7 Å². The molecule has 1 aromatic carbocycles. The van der Waals surface area contributed by atoms with Crippen LogP contribution in [0.5, 0.6) is 5.88 Å². The third kappa shape index (κ3) is 3.01. The number of ether oxygens (including phenoxy) is 1. The van der Waals surface area contributed by atoms with Crippen molar-refractivity contribution in [2.75, 3.05) is 20.2 Å². The molecule has 1 N–H and O–H groups in total. The van der Waals surface area contributed by atoms with Crippen LogP contribution in [-0.4, -0.2) is 40.3 Å². The Morgan fingerprint density at radius 1 is 1.11 bits per heavy atom. The van der Waals surface area contributed by atoms with E-state index in [1.807, 2.05) is 24.3 Å². The average molecular weight is 377 g/mol. The smallest absolute Gasteiger partial charge is 0.280 e. The number of para-hydroxylation sites is 1. The van der Waals surface area contributed by atoms with Crippen LogP contribution >= 0.6 is 0 Å². The van der Waals surface area contributed by atoms with Gasteiger partial charge in [0.25, 0.3) is 5.89 Å². The molecule has 8 nitrogen and oxygen atoms in total. The van der Waals surface area contributed by atoms with Gasteiger partial charge in [0, 0.05) is 22.9 Å². The first-order chi connectivity index (χ1) is 13.8. The van der Waals surface area contributed by atoms with E-state index in [0.29, 0.717) is 29.2 Å². The minimum absolute atomic E-state index is 0.325. The average Bonchev–Trinajstić information content (AvgIpc) is 3.43. The van der Waals surface area contributed by atoms with Gasteiger partial charge in [-0.15, -0.1) is 0 Å². The van der Waals surface area contributed by atoms with Gasteiger partial charge in [0.15, 0.2) is 11.6 Å². The number of benzene rings is 1. The molecule has 3 aromatic heterocycles. The highest BCUT2D eigenvalue weighted by Gasteiger charge is 2.23. The molecule has 0 aliphatic carbocycles. The molecular formula is C20H19N5O3. The van der Waals surface area contributed by atoms with Crippen molar-refractivity contribution in [3.63, 3.8) is 0 Å². The number of nitrogens with zero attached hydrogens (tertiary/aromatic N) is 4. The number of hydrogen-bond donors (Lipinski definition) is 1. The van der Waals surface area contributed by atoms with Crippen LogP contribution in [0.2, 0.25) is 0 Å². The second-order valence-corrected chi connectivity index (χ2v) is 6.75. The predicted molar refractivity (Wildman–Crippen MR) is 102 cm³/mol. The highest BCUT2D eigenvalue weighted by atomic mass is 16.5. The zero-order valence-corrected chi connectivity index (χ0v) is 15.4. The molecule has 1 saturated heterocycles. The highest BCUT2D eigenvalue weighted by molar-refractivity contribution is 5.93. The van der Waals surface area contributed by atoms with E-state index in [4.69, 9.17) is 13.7 Å². The Morgan fingerprint density at radius 2 is 1.96 bits per heavy atom. The Bertz CT molecular complexity index is 1110. The maximum Gasteiger partial charge on any atom is 0.280 e. The number of methoxy groups -OCH3 is 1. The van der Waals surface area contributed by atoms with E-state index < -0.39 is 0 Å². The van der Waals surface area contributed by atoms with Crippen molar-refractivity contribution in [3.05, 3.63) is 42.5 Å². The maximum atomic E-state index is 5.68. The van der Waals surface area contributed by atoms with Gasteiger partial charge in [0.1, 0.15) is 6.26 Å². The largest absolute Gasteiger partial charge is 0.481 e. The number of fused-ring (bicyclic) bond motifs is 1. The summed E-state index contributed by atoms with van der Waals surface area (Å²) in [5.74, 6) is 2.34. The number of nitrogens with one attached hydrogen (secondary N) is 1. The molecule has 0 radical (unpaired) electrons. The lowest BCUT2D eigenvalue weighted by Crippen LogP contribution is -2.26. The van der Waals surface area contributed by atoms with E-state index in [1.54, 1.807) is 19.4 Å². The third-order valence-electron chi connectivity index (χ3n) is 5.00. The van der Waals surface area contributed by atoms with Crippen LogP contribution in [-0.2, 0) is 0 Å². The fraction of sp³-hybridized carbons (Fsp3) is 0.300. The van der Waals surface area contributed by atoms with Gasteiger partial charge in [-0.05, 0) is 32.0 Å². The van der Waals surface area contributed by atoms with Gasteiger partial charge >= 0.3 is 0 Å². The molecule has 0 amide bonds. The molecule has 8 heteroatoms. The van der Waals surface area contributed by atoms with Crippen molar-refractivity contribution in [1.29, 1.82) is 0 Å². The molecule has 0 unspecified atom stereocenters. The van der Waals surface area contributed by atoms with Crippen LogP contribution in [0, 0.1) is 0 Å². The van der Waals surface area contributed by atoms with Crippen LogP contribution in [0.3, 0.4) is 0 Å². The van der Waals surface area contributed by atoms with E-state index in [2.05, 4.69) is 25.4 Å². The Kier molecular flexibility index (Phi) is 4.25. The summed E-state index contributed by atoms with van der Waals surface area (Å²) in [5, 5.41) is 8.41. The number of hydrogen-bond acceptors (Lipinski definition) is 8. The molecule has 1 aliphatic heterocycles. The first kappa shape index (κ1) is 16.9. The van der Waals surface area contributed by atoms with E-state index in [0.717, 1.165) is 48.3 Å². The lowest BCUT2D eigenvalue weighted by atomic mass is 9.98. The minimum atomic E-state index is 0.325. The molecule has 28 heavy (non-hydrogen) atoms. The predicted octanol–water partition coefficient (Wildman–Crippen LogP) is 3.42. The normalized spacial score (nSPS) is 15.2. The number of pyridine rings is 1. The summed E-state index contributed by atoms with van der Waals surface area (Å²) >= 11 is 0. The van der Waals surface area contributed by atoms with Crippen molar-refractivity contribution in [2.24, 2.45) is 0 Å². The van der Waals surface area contributed by atoms with Gasteiger partial charge in [-0.1, -0.05) is 23.4 Å². The molecule has 1 fully saturated rings. The molecule has 142 valence electrons. The second kappa shape index (κ2) is 7.05. The summed E-state index contributed by atoms with van der Waals surface area (Å²) in [6.45, 7) is 1.95. The molecule has 0 spiro atoms. The molecule has 5 rings (SSSR count). The Labute approximate surface area is 160 Å². The monoisotopic (exact) mass is 377 g/mol. The van der Waals surface area contributed by atoms with Gasteiger partial charge in [0.2, 0.25) is 11.7 Å². The first-order valence-electron chi connectivity index (χ1n) is 9.26. The number of rotatable bonds is 4. The lowest BCUT2D eigenvalue weighted by molar-refractivity contribution is 0.374. The van der Waals surface area contributed by atoms with E-state index in [1.165, 1.54) is 0 Å². The van der Waals surface area contributed by atoms with E-state index >= 15 is 0 Å². The molecule has 4 aromatic rings. The molecule has 0 bridgehead atoms.